The van der Waals surface area contributed by atoms with Crippen LogP contribution in [0.3, 0.4) is 0 Å². The van der Waals surface area contributed by atoms with Gasteiger partial charge in [-0.2, -0.15) is 0 Å². The van der Waals surface area contributed by atoms with Crippen molar-refractivity contribution in [1.29, 1.82) is 0 Å². The predicted molar refractivity (Wildman–Crippen MR) is 107 cm³/mol. The van der Waals surface area contributed by atoms with Gasteiger partial charge in [-0.25, -0.2) is 4.79 Å². The molecule has 0 spiro atoms. The molecule has 1 aromatic heterocycles. The average Bonchev–Trinajstić information content (AvgIpc) is 3.17. The largest absolute Gasteiger partial charge is 0.491 e. The van der Waals surface area contributed by atoms with Crippen LogP contribution in [-0.2, 0) is 0 Å². The summed E-state index contributed by atoms with van der Waals surface area (Å²) in [6.45, 7) is 6.86. The van der Waals surface area contributed by atoms with Crippen LogP contribution >= 0.6 is 0 Å². The van der Waals surface area contributed by atoms with E-state index >= 15 is 0 Å². The second kappa shape index (κ2) is 8.89. The second-order valence-electron chi connectivity index (χ2n) is 7.22. The lowest BCUT2D eigenvalue weighted by Crippen LogP contribution is -2.41. The smallest absolute Gasteiger partial charge is 0.318 e. The summed E-state index contributed by atoms with van der Waals surface area (Å²) in [5, 5.41) is 3.22. The summed E-state index contributed by atoms with van der Waals surface area (Å²) >= 11 is 0. The van der Waals surface area contributed by atoms with E-state index in [1.807, 2.05) is 61.2 Å². The SMILES string of the molecule is CC[C@H](NC(=O)N1CCC[C@@H]1c1ccccn1)c1ccccc1OC(C)C. The molecule has 1 aromatic carbocycles. The van der Waals surface area contributed by atoms with Gasteiger partial charge in [0.25, 0.3) is 0 Å². The number of carbonyl (C=O) groups is 1. The number of ether oxygens (including phenoxy) is 1. The van der Waals surface area contributed by atoms with Crippen molar-refractivity contribution in [1.82, 2.24) is 15.2 Å². The molecule has 0 bridgehead atoms. The van der Waals surface area contributed by atoms with Gasteiger partial charge in [0.1, 0.15) is 5.75 Å². The maximum Gasteiger partial charge on any atom is 0.318 e. The molecule has 0 aliphatic carbocycles. The summed E-state index contributed by atoms with van der Waals surface area (Å²) < 4.78 is 5.95. The number of urea groups is 1. The number of hydrogen-bond donors (Lipinski definition) is 1. The fraction of sp³-hybridized carbons (Fsp3) is 0.455. The van der Waals surface area contributed by atoms with E-state index in [1.54, 1.807) is 6.20 Å². The Hall–Kier alpha value is -2.56. The molecule has 2 heterocycles. The highest BCUT2D eigenvalue weighted by Gasteiger charge is 2.32. The van der Waals surface area contributed by atoms with Gasteiger partial charge in [0.15, 0.2) is 0 Å². The van der Waals surface area contributed by atoms with Crippen molar-refractivity contribution in [3.8, 4) is 5.75 Å². The van der Waals surface area contributed by atoms with Gasteiger partial charge in [0.05, 0.1) is 23.9 Å². The zero-order valence-corrected chi connectivity index (χ0v) is 16.4. The van der Waals surface area contributed by atoms with Gasteiger partial charge in [-0.3, -0.25) is 4.98 Å². The monoisotopic (exact) mass is 367 g/mol. The maximum absolute atomic E-state index is 13.1. The summed E-state index contributed by atoms with van der Waals surface area (Å²) in [4.78, 5) is 19.4. The molecule has 0 radical (unpaired) electrons. The lowest BCUT2D eigenvalue weighted by molar-refractivity contribution is 0.186. The van der Waals surface area contributed by atoms with Crippen molar-refractivity contribution >= 4 is 6.03 Å². The van der Waals surface area contributed by atoms with Crippen LogP contribution in [0.4, 0.5) is 4.79 Å². The van der Waals surface area contributed by atoms with E-state index in [-0.39, 0.29) is 24.2 Å². The van der Waals surface area contributed by atoms with E-state index in [9.17, 15) is 4.79 Å². The fourth-order valence-corrected chi connectivity index (χ4v) is 3.65. The van der Waals surface area contributed by atoms with Gasteiger partial charge in [0, 0.05) is 18.3 Å². The number of likely N-dealkylation sites (tertiary alicyclic amines) is 1. The van der Waals surface area contributed by atoms with Crippen LogP contribution in [-0.4, -0.2) is 28.6 Å². The number of para-hydroxylation sites is 1. The minimum absolute atomic E-state index is 0.0330. The molecule has 5 nitrogen and oxygen atoms in total. The Kier molecular flexibility index (Phi) is 6.32. The van der Waals surface area contributed by atoms with Gasteiger partial charge in [0.2, 0.25) is 0 Å². The van der Waals surface area contributed by atoms with Crippen LogP contribution in [0.5, 0.6) is 5.75 Å². The van der Waals surface area contributed by atoms with Crippen molar-refractivity contribution in [2.75, 3.05) is 6.54 Å². The molecular formula is C22H29N3O2. The quantitative estimate of drug-likeness (QED) is 0.793. The van der Waals surface area contributed by atoms with E-state index in [0.29, 0.717) is 0 Å². The van der Waals surface area contributed by atoms with E-state index in [4.69, 9.17) is 4.74 Å². The summed E-state index contributed by atoms with van der Waals surface area (Å²) in [6, 6.07) is 13.8. The number of benzene rings is 1. The molecule has 1 N–H and O–H groups in total. The first-order valence-corrected chi connectivity index (χ1v) is 9.83. The summed E-state index contributed by atoms with van der Waals surface area (Å²) in [7, 11) is 0. The topological polar surface area (TPSA) is 54.5 Å². The van der Waals surface area contributed by atoms with Crippen LogP contribution in [0.1, 0.15) is 63.4 Å². The molecule has 1 aliphatic rings. The molecular weight excluding hydrogens is 338 g/mol. The Morgan fingerprint density at radius 2 is 2.04 bits per heavy atom. The molecule has 1 aliphatic heterocycles. The molecule has 1 saturated heterocycles. The number of nitrogens with zero attached hydrogens (tertiary/aromatic N) is 2. The average molecular weight is 367 g/mol. The van der Waals surface area contributed by atoms with Gasteiger partial charge in [-0.15, -0.1) is 0 Å². The first-order chi connectivity index (χ1) is 13.1. The minimum atomic E-state index is -0.0857. The first kappa shape index (κ1) is 19.2. The number of pyridine rings is 1. The normalized spacial score (nSPS) is 17.8. The third-order valence-electron chi connectivity index (χ3n) is 4.91. The molecule has 0 saturated carbocycles. The minimum Gasteiger partial charge on any atom is -0.491 e. The highest BCUT2D eigenvalue weighted by Crippen LogP contribution is 2.32. The van der Waals surface area contributed by atoms with Crippen LogP contribution in [0.15, 0.2) is 48.7 Å². The van der Waals surface area contributed by atoms with Gasteiger partial charge in [-0.1, -0.05) is 31.2 Å². The maximum atomic E-state index is 13.1. The number of hydrogen-bond acceptors (Lipinski definition) is 3. The van der Waals surface area contributed by atoms with Crippen molar-refractivity contribution in [2.45, 2.75) is 58.2 Å². The second-order valence-corrected chi connectivity index (χ2v) is 7.22. The summed E-state index contributed by atoms with van der Waals surface area (Å²) in [5.74, 6) is 0.836. The first-order valence-electron chi connectivity index (χ1n) is 9.83. The number of aromatic nitrogens is 1. The predicted octanol–water partition coefficient (Wildman–Crippen LogP) is 4.87. The zero-order chi connectivity index (χ0) is 19.2. The third-order valence-corrected chi connectivity index (χ3v) is 4.91. The molecule has 2 aromatic rings. The highest BCUT2D eigenvalue weighted by atomic mass is 16.5. The number of rotatable bonds is 6. The third kappa shape index (κ3) is 4.59. The van der Waals surface area contributed by atoms with Crippen LogP contribution in [0, 0.1) is 0 Å². The Morgan fingerprint density at radius 3 is 2.74 bits per heavy atom. The lowest BCUT2D eigenvalue weighted by Gasteiger charge is -2.28. The Bertz CT molecular complexity index is 748. The molecule has 2 atom stereocenters. The van der Waals surface area contributed by atoms with E-state index in [2.05, 4.69) is 17.2 Å². The zero-order valence-electron chi connectivity index (χ0n) is 16.4. The van der Waals surface area contributed by atoms with Crippen molar-refractivity contribution < 1.29 is 9.53 Å². The summed E-state index contributed by atoms with van der Waals surface area (Å²) in [6.07, 6.45) is 4.63. The molecule has 3 rings (SSSR count). The van der Waals surface area contributed by atoms with E-state index in [1.165, 1.54) is 0 Å². The molecule has 1 fully saturated rings. The van der Waals surface area contributed by atoms with Gasteiger partial charge >= 0.3 is 6.03 Å². The summed E-state index contributed by atoms with van der Waals surface area (Å²) in [5.41, 5.74) is 1.98. The van der Waals surface area contributed by atoms with E-state index < -0.39 is 0 Å². The Balaban J connectivity index is 1.76. The Morgan fingerprint density at radius 1 is 1.26 bits per heavy atom. The molecule has 27 heavy (non-hydrogen) atoms. The van der Waals surface area contributed by atoms with Crippen molar-refractivity contribution in [3.63, 3.8) is 0 Å². The van der Waals surface area contributed by atoms with Crippen LogP contribution < -0.4 is 10.1 Å². The van der Waals surface area contributed by atoms with Gasteiger partial charge < -0.3 is 15.0 Å². The Labute approximate surface area is 161 Å². The molecule has 5 heteroatoms. The van der Waals surface area contributed by atoms with Crippen molar-refractivity contribution in [3.05, 3.63) is 59.9 Å². The highest BCUT2D eigenvalue weighted by molar-refractivity contribution is 5.75. The molecule has 144 valence electrons. The molecule has 2 amide bonds. The van der Waals surface area contributed by atoms with Gasteiger partial charge in [-0.05, 0) is 51.3 Å². The number of carbonyl (C=O) groups excluding carboxylic acids is 1. The standard InChI is InChI=1S/C22H29N3O2/c1-4-18(17-10-5-6-13-21(17)27-16(2)3)24-22(26)25-15-9-12-20(25)19-11-7-8-14-23-19/h5-8,10-11,13-14,16,18,20H,4,9,12,15H2,1-3H3,(H,24,26)/t18-,20+/m0/s1. The van der Waals surface area contributed by atoms with Crippen LogP contribution in [0.25, 0.3) is 0 Å². The number of amides is 2. The lowest BCUT2D eigenvalue weighted by atomic mass is 10.0. The molecule has 0 unspecified atom stereocenters. The van der Waals surface area contributed by atoms with E-state index in [0.717, 1.165) is 42.8 Å². The van der Waals surface area contributed by atoms with Crippen molar-refractivity contribution in [2.24, 2.45) is 0 Å². The van der Waals surface area contributed by atoms with Crippen LogP contribution in [0.2, 0.25) is 0 Å². The fourth-order valence-electron chi connectivity index (χ4n) is 3.65. The number of nitrogens with one attached hydrogen (secondary N) is 1.